The number of piperidine rings is 1. The Morgan fingerprint density at radius 1 is 1.37 bits per heavy atom. The molecule has 1 saturated heterocycles. The Morgan fingerprint density at radius 2 is 2.05 bits per heavy atom. The lowest BCUT2D eigenvalue weighted by molar-refractivity contribution is 0.202. The number of nitrogens with two attached hydrogens (primary N) is 1. The standard InChI is InChI=1S/C13H19BrN2O2S/c1-9-4-3-7-16(10(9)2)19(17,18)13-6-5-11(15)8-12(13)14/h5-6,8-10H,3-4,7,15H2,1-2H3. The third-order valence-electron chi connectivity index (χ3n) is 3.86. The SMILES string of the molecule is CC1CCCN(S(=O)(=O)c2ccc(N)cc2Br)C1C. The van der Waals surface area contributed by atoms with Crippen LogP contribution in [0.2, 0.25) is 0 Å². The average molecular weight is 347 g/mol. The molecule has 0 spiro atoms. The first kappa shape index (κ1) is 14.8. The fourth-order valence-corrected chi connectivity index (χ4v) is 5.31. The van der Waals surface area contributed by atoms with Crippen LogP contribution in [0.1, 0.15) is 26.7 Å². The van der Waals surface area contributed by atoms with Gasteiger partial charge in [-0.3, -0.25) is 0 Å². The van der Waals surface area contributed by atoms with E-state index in [-0.39, 0.29) is 6.04 Å². The second-order valence-corrected chi connectivity index (χ2v) is 7.88. The minimum absolute atomic E-state index is 0.0307. The van der Waals surface area contributed by atoms with E-state index in [4.69, 9.17) is 5.73 Å². The van der Waals surface area contributed by atoms with Crippen molar-refractivity contribution in [1.82, 2.24) is 4.31 Å². The highest BCUT2D eigenvalue weighted by molar-refractivity contribution is 9.10. The summed E-state index contributed by atoms with van der Waals surface area (Å²) in [6, 6.07) is 4.85. The highest BCUT2D eigenvalue weighted by Crippen LogP contribution is 2.32. The quantitative estimate of drug-likeness (QED) is 0.837. The molecule has 106 valence electrons. The summed E-state index contributed by atoms with van der Waals surface area (Å²) in [5.41, 5.74) is 6.21. The predicted molar refractivity (Wildman–Crippen MR) is 80.3 cm³/mol. The van der Waals surface area contributed by atoms with E-state index in [9.17, 15) is 8.42 Å². The zero-order chi connectivity index (χ0) is 14.2. The van der Waals surface area contributed by atoms with E-state index in [0.29, 0.717) is 27.5 Å². The van der Waals surface area contributed by atoms with Crippen molar-refractivity contribution in [2.45, 2.75) is 37.6 Å². The molecule has 1 aliphatic rings. The van der Waals surface area contributed by atoms with Gasteiger partial charge in [-0.05, 0) is 59.8 Å². The molecule has 6 heteroatoms. The maximum atomic E-state index is 12.7. The first-order chi connectivity index (χ1) is 8.84. The Morgan fingerprint density at radius 3 is 2.68 bits per heavy atom. The Kier molecular flexibility index (Phi) is 4.23. The predicted octanol–water partition coefficient (Wildman–Crippen LogP) is 2.84. The molecule has 2 atom stereocenters. The number of sulfonamides is 1. The highest BCUT2D eigenvalue weighted by Gasteiger charge is 2.35. The number of hydrogen-bond acceptors (Lipinski definition) is 3. The monoisotopic (exact) mass is 346 g/mol. The molecule has 2 N–H and O–H groups in total. The topological polar surface area (TPSA) is 63.4 Å². The summed E-state index contributed by atoms with van der Waals surface area (Å²) in [7, 11) is -3.46. The minimum atomic E-state index is -3.46. The first-order valence-corrected chi connectivity index (χ1v) is 8.64. The summed E-state index contributed by atoms with van der Waals surface area (Å²) in [5.74, 6) is 0.385. The summed E-state index contributed by atoms with van der Waals surface area (Å²) < 4.78 is 27.6. The molecular formula is C13H19BrN2O2S. The molecule has 1 aromatic rings. The number of anilines is 1. The van der Waals surface area contributed by atoms with E-state index in [0.717, 1.165) is 12.8 Å². The third kappa shape index (κ3) is 2.80. The van der Waals surface area contributed by atoms with Crippen molar-refractivity contribution in [2.24, 2.45) is 5.92 Å². The fourth-order valence-electron chi connectivity index (χ4n) is 2.49. The van der Waals surface area contributed by atoms with Crippen molar-refractivity contribution in [1.29, 1.82) is 0 Å². The average Bonchev–Trinajstić information content (AvgIpc) is 2.31. The van der Waals surface area contributed by atoms with Crippen LogP contribution >= 0.6 is 15.9 Å². The van der Waals surface area contributed by atoms with E-state index < -0.39 is 10.0 Å². The molecule has 0 saturated carbocycles. The normalized spacial score (nSPS) is 25.4. The summed E-state index contributed by atoms with van der Waals surface area (Å²) in [6.45, 7) is 4.67. The number of benzene rings is 1. The summed E-state index contributed by atoms with van der Waals surface area (Å²) in [4.78, 5) is 0.294. The van der Waals surface area contributed by atoms with Crippen molar-refractivity contribution >= 4 is 31.6 Å². The largest absolute Gasteiger partial charge is 0.399 e. The molecule has 0 aromatic heterocycles. The van der Waals surface area contributed by atoms with Gasteiger partial charge in [0.2, 0.25) is 10.0 Å². The van der Waals surface area contributed by atoms with Gasteiger partial charge in [-0.15, -0.1) is 0 Å². The minimum Gasteiger partial charge on any atom is -0.399 e. The second-order valence-electron chi connectivity index (χ2n) is 5.17. The van der Waals surface area contributed by atoms with Gasteiger partial charge in [-0.2, -0.15) is 4.31 Å². The second kappa shape index (κ2) is 5.42. The molecule has 1 fully saturated rings. The lowest BCUT2D eigenvalue weighted by Gasteiger charge is -2.36. The zero-order valence-electron chi connectivity index (χ0n) is 11.1. The zero-order valence-corrected chi connectivity index (χ0v) is 13.5. The molecule has 0 bridgehead atoms. The van der Waals surface area contributed by atoms with Crippen LogP contribution < -0.4 is 5.73 Å². The molecule has 1 heterocycles. The van der Waals surface area contributed by atoms with E-state index in [1.165, 1.54) is 0 Å². The van der Waals surface area contributed by atoms with Crippen molar-refractivity contribution in [2.75, 3.05) is 12.3 Å². The van der Waals surface area contributed by atoms with Gasteiger partial charge in [-0.1, -0.05) is 6.92 Å². The van der Waals surface area contributed by atoms with Crippen molar-refractivity contribution < 1.29 is 8.42 Å². The molecule has 19 heavy (non-hydrogen) atoms. The smallest absolute Gasteiger partial charge is 0.244 e. The third-order valence-corrected chi connectivity index (χ3v) is 6.82. The van der Waals surface area contributed by atoms with Crippen LogP contribution in [0.25, 0.3) is 0 Å². The molecule has 2 rings (SSSR count). The van der Waals surface area contributed by atoms with Gasteiger partial charge >= 0.3 is 0 Å². The molecule has 4 nitrogen and oxygen atoms in total. The van der Waals surface area contributed by atoms with Crippen molar-refractivity contribution in [3.8, 4) is 0 Å². The molecular weight excluding hydrogens is 328 g/mol. The molecule has 0 aliphatic carbocycles. The molecule has 0 amide bonds. The summed E-state index contributed by atoms with van der Waals surface area (Å²) >= 11 is 3.30. The molecule has 1 aromatic carbocycles. The molecule has 0 radical (unpaired) electrons. The maximum Gasteiger partial charge on any atom is 0.244 e. The van der Waals surface area contributed by atoms with Gasteiger partial charge in [0.25, 0.3) is 0 Å². The number of hydrogen-bond donors (Lipinski definition) is 1. The maximum absolute atomic E-state index is 12.7. The Hall–Kier alpha value is -0.590. The number of rotatable bonds is 2. The fraction of sp³-hybridized carbons (Fsp3) is 0.538. The summed E-state index contributed by atoms with van der Waals surface area (Å²) in [5, 5.41) is 0. The van der Waals surface area contributed by atoms with Crippen molar-refractivity contribution in [3.63, 3.8) is 0 Å². The van der Waals surface area contributed by atoms with Gasteiger partial charge in [0, 0.05) is 22.7 Å². The van der Waals surface area contributed by atoms with E-state index >= 15 is 0 Å². The van der Waals surface area contributed by atoms with Crippen molar-refractivity contribution in [3.05, 3.63) is 22.7 Å². The van der Waals surface area contributed by atoms with Gasteiger partial charge < -0.3 is 5.73 Å². The summed E-state index contributed by atoms with van der Waals surface area (Å²) in [6.07, 6.45) is 1.99. The van der Waals surface area contributed by atoms with Crippen LogP contribution in [0.15, 0.2) is 27.6 Å². The van der Waals surface area contributed by atoms with Gasteiger partial charge in [0.05, 0.1) is 4.90 Å². The van der Waals surface area contributed by atoms with Crippen LogP contribution in [0, 0.1) is 5.92 Å². The van der Waals surface area contributed by atoms with E-state index in [2.05, 4.69) is 22.9 Å². The van der Waals surface area contributed by atoms with Crippen LogP contribution in [0.4, 0.5) is 5.69 Å². The van der Waals surface area contributed by atoms with Gasteiger partial charge in [0.1, 0.15) is 0 Å². The lowest BCUT2D eigenvalue weighted by atomic mass is 9.94. The molecule has 2 unspecified atom stereocenters. The van der Waals surface area contributed by atoms with Gasteiger partial charge in [-0.25, -0.2) is 8.42 Å². The molecule has 1 aliphatic heterocycles. The van der Waals surface area contributed by atoms with E-state index in [1.54, 1.807) is 22.5 Å². The number of nitrogens with zero attached hydrogens (tertiary/aromatic N) is 1. The lowest BCUT2D eigenvalue weighted by Crippen LogP contribution is -2.45. The van der Waals surface area contributed by atoms with E-state index in [1.807, 2.05) is 6.92 Å². The van der Waals surface area contributed by atoms with Crippen LogP contribution in [0.5, 0.6) is 0 Å². The first-order valence-electron chi connectivity index (χ1n) is 6.41. The Labute approximate surface area is 123 Å². The van der Waals surface area contributed by atoms with Gasteiger partial charge in [0.15, 0.2) is 0 Å². The highest BCUT2D eigenvalue weighted by atomic mass is 79.9. The number of halogens is 1. The number of nitrogen functional groups attached to an aromatic ring is 1. The Balaban J connectivity index is 2.41. The van der Waals surface area contributed by atoms with Crippen LogP contribution in [0.3, 0.4) is 0 Å². The Bertz CT molecular complexity index is 574. The van der Waals surface area contributed by atoms with Crippen LogP contribution in [-0.2, 0) is 10.0 Å². The van der Waals surface area contributed by atoms with Crippen LogP contribution in [-0.4, -0.2) is 25.3 Å².